The van der Waals surface area contributed by atoms with E-state index >= 15 is 0 Å². The Morgan fingerprint density at radius 3 is 2.65 bits per heavy atom. The molecular formula is C12H21N3O2. The zero-order valence-electron chi connectivity index (χ0n) is 10.1. The minimum Gasteiger partial charge on any atom is -0.461 e. The Labute approximate surface area is 102 Å². The van der Waals surface area contributed by atoms with Crippen LogP contribution in [0, 0.1) is 17.2 Å². The Bertz CT molecular complexity index is 283. The van der Waals surface area contributed by atoms with Crippen LogP contribution in [0.5, 0.6) is 0 Å². The number of nitrogens with one attached hydrogen (secondary N) is 2. The first-order valence-electron chi connectivity index (χ1n) is 5.99. The van der Waals surface area contributed by atoms with Crippen molar-refractivity contribution < 1.29 is 9.53 Å². The predicted octanol–water partition coefficient (Wildman–Crippen LogP) is 1.01. The number of carbonyl (C=O) groups excluding carboxylic acids is 1. The van der Waals surface area contributed by atoms with Crippen molar-refractivity contribution in [1.82, 2.24) is 5.32 Å². The van der Waals surface area contributed by atoms with E-state index in [1.165, 1.54) is 0 Å². The maximum Gasteiger partial charge on any atom is 0.309 e. The van der Waals surface area contributed by atoms with Gasteiger partial charge in [0.1, 0.15) is 6.61 Å². The van der Waals surface area contributed by atoms with Crippen molar-refractivity contribution in [2.24, 2.45) is 17.6 Å². The maximum absolute atomic E-state index is 11.6. The zero-order chi connectivity index (χ0) is 12.7. The van der Waals surface area contributed by atoms with Crippen LogP contribution in [0.1, 0.15) is 25.7 Å². The summed E-state index contributed by atoms with van der Waals surface area (Å²) in [6, 6.07) is 0. The van der Waals surface area contributed by atoms with Crippen LogP contribution in [-0.4, -0.2) is 25.1 Å². The SMILES string of the molecule is C=CCOC(=O)C1CCC(CNC(=N)N)CC1. The number of hydrogen-bond donors (Lipinski definition) is 3. The third kappa shape index (κ3) is 4.89. The lowest BCUT2D eigenvalue weighted by Gasteiger charge is -2.27. The van der Waals surface area contributed by atoms with Gasteiger partial charge in [0, 0.05) is 6.54 Å². The van der Waals surface area contributed by atoms with Gasteiger partial charge in [-0.15, -0.1) is 0 Å². The highest BCUT2D eigenvalue weighted by atomic mass is 16.5. The summed E-state index contributed by atoms with van der Waals surface area (Å²) in [6.07, 6.45) is 5.27. The molecule has 0 radical (unpaired) electrons. The lowest BCUT2D eigenvalue weighted by Crippen LogP contribution is -2.36. The van der Waals surface area contributed by atoms with Crippen molar-refractivity contribution in [1.29, 1.82) is 5.41 Å². The maximum atomic E-state index is 11.6. The molecule has 0 aromatic rings. The predicted molar refractivity (Wildman–Crippen MR) is 66.5 cm³/mol. The summed E-state index contributed by atoms with van der Waals surface area (Å²) in [7, 11) is 0. The van der Waals surface area contributed by atoms with Gasteiger partial charge in [-0.1, -0.05) is 12.7 Å². The van der Waals surface area contributed by atoms with Crippen molar-refractivity contribution in [2.45, 2.75) is 25.7 Å². The van der Waals surface area contributed by atoms with Crippen LogP contribution in [0.2, 0.25) is 0 Å². The van der Waals surface area contributed by atoms with Gasteiger partial charge in [0.25, 0.3) is 0 Å². The molecule has 5 nitrogen and oxygen atoms in total. The van der Waals surface area contributed by atoms with Gasteiger partial charge in [-0.2, -0.15) is 0 Å². The Hall–Kier alpha value is -1.52. The van der Waals surface area contributed by atoms with Crippen molar-refractivity contribution in [2.75, 3.05) is 13.2 Å². The van der Waals surface area contributed by atoms with Gasteiger partial charge in [0.05, 0.1) is 5.92 Å². The molecule has 0 aromatic heterocycles. The van der Waals surface area contributed by atoms with Gasteiger partial charge in [0.2, 0.25) is 0 Å². The van der Waals surface area contributed by atoms with E-state index in [2.05, 4.69) is 11.9 Å². The average Bonchev–Trinajstić information content (AvgIpc) is 2.34. The molecule has 0 amide bonds. The monoisotopic (exact) mass is 239 g/mol. The molecule has 1 rings (SSSR count). The van der Waals surface area contributed by atoms with Crippen LogP contribution in [0.15, 0.2) is 12.7 Å². The molecule has 1 aliphatic carbocycles. The van der Waals surface area contributed by atoms with E-state index < -0.39 is 0 Å². The summed E-state index contributed by atoms with van der Waals surface area (Å²) in [5, 5.41) is 9.91. The van der Waals surface area contributed by atoms with Crippen molar-refractivity contribution in [3.05, 3.63) is 12.7 Å². The lowest BCUT2D eigenvalue weighted by molar-refractivity contribution is -0.148. The smallest absolute Gasteiger partial charge is 0.309 e. The van der Waals surface area contributed by atoms with Crippen LogP contribution >= 0.6 is 0 Å². The van der Waals surface area contributed by atoms with E-state index in [9.17, 15) is 4.79 Å². The van der Waals surface area contributed by atoms with Crippen LogP contribution in [0.3, 0.4) is 0 Å². The third-order valence-electron chi connectivity index (χ3n) is 3.10. The van der Waals surface area contributed by atoms with Gasteiger partial charge in [-0.05, 0) is 31.6 Å². The molecular weight excluding hydrogens is 218 g/mol. The molecule has 0 saturated heterocycles. The Morgan fingerprint density at radius 2 is 2.12 bits per heavy atom. The molecule has 0 heterocycles. The van der Waals surface area contributed by atoms with Gasteiger partial charge in [-0.3, -0.25) is 10.2 Å². The summed E-state index contributed by atoms with van der Waals surface area (Å²) in [4.78, 5) is 11.6. The fourth-order valence-electron chi connectivity index (χ4n) is 2.12. The van der Waals surface area contributed by atoms with Crippen LogP contribution in [-0.2, 0) is 9.53 Å². The van der Waals surface area contributed by atoms with Gasteiger partial charge in [-0.25, -0.2) is 0 Å². The highest BCUT2D eigenvalue weighted by Gasteiger charge is 2.27. The first-order chi connectivity index (χ1) is 8.13. The van der Waals surface area contributed by atoms with Gasteiger partial charge >= 0.3 is 5.97 Å². The fraction of sp³-hybridized carbons (Fsp3) is 0.667. The third-order valence-corrected chi connectivity index (χ3v) is 3.10. The molecule has 5 heteroatoms. The number of rotatable bonds is 5. The quantitative estimate of drug-likeness (QED) is 0.289. The molecule has 0 spiro atoms. The Morgan fingerprint density at radius 1 is 1.47 bits per heavy atom. The second kappa shape index (κ2) is 6.93. The minimum absolute atomic E-state index is 0.0116. The first-order valence-corrected chi connectivity index (χ1v) is 5.99. The molecule has 17 heavy (non-hydrogen) atoms. The van der Waals surface area contributed by atoms with E-state index in [0.717, 1.165) is 32.2 Å². The summed E-state index contributed by atoms with van der Waals surface area (Å²) in [5.74, 6) is 0.436. The van der Waals surface area contributed by atoms with Gasteiger partial charge in [0.15, 0.2) is 5.96 Å². The second-order valence-electron chi connectivity index (χ2n) is 4.43. The summed E-state index contributed by atoms with van der Waals surface area (Å²) < 4.78 is 5.04. The fourth-order valence-corrected chi connectivity index (χ4v) is 2.12. The molecule has 4 N–H and O–H groups in total. The van der Waals surface area contributed by atoms with E-state index in [0.29, 0.717) is 12.5 Å². The Balaban J connectivity index is 2.23. The number of carbonyl (C=O) groups is 1. The molecule has 0 aromatic carbocycles. The number of hydrogen-bond acceptors (Lipinski definition) is 3. The molecule has 1 fully saturated rings. The largest absolute Gasteiger partial charge is 0.461 e. The number of esters is 1. The number of guanidine groups is 1. The van der Waals surface area contributed by atoms with E-state index in [4.69, 9.17) is 15.9 Å². The summed E-state index contributed by atoms with van der Waals surface area (Å²) in [5.41, 5.74) is 5.23. The number of nitrogens with two attached hydrogens (primary N) is 1. The summed E-state index contributed by atoms with van der Waals surface area (Å²) >= 11 is 0. The molecule has 1 aliphatic rings. The minimum atomic E-state index is -0.108. The van der Waals surface area contributed by atoms with Crippen molar-refractivity contribution in [3.63, 3.8) is 0 Å². The Kier molecular flexibility index (Phi) is 5.52. The topological polar surface area (TPSA) is 88.2 Å². The second-order valence-corrected chi connectivity index (χ2v) is 4.43. The first kappa shape index (κ1) is 13.5. The van der Waals surface area contributed by atoms with Crippen LogP contribution < -0.4 is 11.1 Å². The number of ether oxygens (including phenoxy) is 1. The van der Waals surface area contributed by atoms with E-state index in [1.54, 1.807) is 6.08 Å². The average molecular weight is 239 g/mol. The van der Waals surface area contributed by atoms with Crippen LogP contribution in [0.25, 0.3) is 0 Å². The summed E-state index contributed by atoms with van der Waals surface area (Å²) in [6.45, 7) is 4.54. The molecule has 0 bridgehead atoms. The zero-order valence-corrected chi connectivity index (χ0v) is 10.1. The highest BCUT2D eigenvalue weighted by molar-refractivity contribution is 5.74. The lowest BCUT2D eigenvalue weighted by atomic mass is 9.82. The molecule has 0 atom stereocenters. The molecule has 1 saturated carbocycles. The normalized spacial score (nSPS) is 23.8. The molecule has 0 unspecified atom stereocenters. The molecule has 0 aliphatic heterocycles. The van der Waals surface area contributed by atoms with Crippen LogP contribution in [0.4, 0.5) is 0 Å². The standard InChI is InChI=1S/C12H21N3O2/c1-2-7-17-11(16)10-5-3-9(4-6-10)8-15-12(13)14/h2,9-10H,1,3-8H2,(H4,13,14,15). The van der Waals surface area contributed by atoms with Crippen molar-refractivity contribution in [3.8, 4) is 0 Å². The molecule has 96 valence electrons. The van der Waals surface area contributed by atoms with Gasteiger partial charge < -0.3 is 15.8 Å². The van der Waals surface area contributed by atoms with Crippen molar-refractivity contribution >= 4 is 11.9 Å². The van der Waals surface area contributed by atoms with E-state index in [1.807, 2.05) is 0 Å². The van der Waals surface area contributed by atoms with E-state index in [-0.39, 0.29) is 17.8 Å². The highest BCUT2D eigenvalue weighted by Crippen LogP contribution is 2.29.